The maximum atomic E-state index is 12.3. The average Bonchev–Trinajstić information content (AvgIpc) is 2.77. The molecule has 0 bridgehead atoms. The summed E-state index contributed by atoms with van der Waals surface area (Å²) in [5, 5.41) is 8.62. The molecule has 0 atom stereocenters. The van der Waals surface area contributed by atoms with E-state index in [-0.39, 0.29) is 12.4 Å². The lowest BCUT2D eigenvalue weighted by Gasteiger charge is -2.13. The molecule has 0 N–H and O–H groups in total. The first-order chi connectivity index (χ1) is 14.2. The molecule has 5 nitrogen and oxygen atoms in total. The molecule has 0 fully saturated rings. The second kappa shape index (κ2) is 9.77. The van der Waals surface area contributed by atoms with Crippen molar-refractivity contribution in [2.75, 3.05) is 13.7 Å². The lowest BCUT2D eigenvalue weighted by molar-refractivity contribution is -0.136. The molecule has 0 saturated carbocycles. The van der Waals surface area contributed by atoms with E-state index in [1.165, 1.54) is 13.2 Å². The molecule has 0 aromatic heterocycles. The Hall–Kier alpha value is -4.04. The van der Waals surface area contributed by atoms with Crippen LogP contribution in [0.5, 0.6) is 17.2 Å². The minimum absolute atomic E-state index is 0.247. The Kier molecular flexibility index (Phi) is 6.64. The zero-order valence-corrected chi connectivity index (χ0v) is 15.9. The third-order valence-corrected chi connectivity index (χ3v) is 4.08. The highest BCUT2D eigenvalue weighted by molar-refractivity contribution is 5.76. The number of hydrogen-bond acceptors (Lipinski definition) is 5. The van der Waals surface area contributed by atoms with Crippen LogP contribution < -0.4 is 14.2 Å². The first-order valence-corrected chi connectivity index (χ1v) is 8.93. The van der Waals surface area contributed by atoms with Gasteiger partial charge in [0.1, 0.15) is 5.75 Å². The minimum atomic E-state index is -0.550. The summed E-state index contributed by atoms with van der Waals surface area (Å²) in [4.78, 5) is 12.3. The number of carbonyl (C=O) groups excluding carboxylic acids is 1. The fourth-order valence-corrected chi connectivity index (χ4v) is 2.74. The zero-order chi connectivity index (χ0) is 20.5. The Labute approximate surface area is 169 Å². The van der Waals surface area contributed by atoms with E-state index >= 15 is 0 Å². The Morgan fingerprint density at radius 2 is 1.72 bits per heavy atom. The van der Waals surface area contributed by atoms with E-state index in [1.54, 1.807) is 24.3 Å². The van der Waals surface area contributed by atoms with Gasteiger partial charge >= 0.3 is 5.97 Å². The minimum Gasteiger partial charge on any atom is -0.493 e. The Bertz CT molecular complexity index is 1050. The normalized spacial score (nSPS) is 10.3. The molecule has 144 valence electrons. The molecule has 0 aliphatic heterocycles. The number of benzene rings is 3. The van der Waals surface area contributed by atoms with Crippen LogP contribution in [0, 0.1) is 11.3 Å². The summed E-state index contributed by atoms with van der Waals surface area (Å²) in [5.74, 6) is 0.723. The van der Waals surface area contributed by atoms with Crippen molar-refractivity contribution in [3.05, 3.63) is 84.4 Å². The van der Waals surface area contributed by atoms with Gasteiger partial charge in [-0.05, 0) is 35.4 Å². The first-order valence-electron chi connectivity index (χ1n) is 8.93. The summed E-state index contributed by atoms with van der Waals surface area (Å²) in [6.45, 7) is -0.247. The lowest BCUT2D eigenvalue weighted by atomic mass is 10.1. The topological polar surface area (TPSA) is 68.5 Å². The highest BCUT2D eigenvalue weighted by Gasteiger charge is 2.13. The standard InChI is InChI=1S/C24H19NO4/c1-27-23-16-18(8-7-15-25)13-14-22(23)29-24(26)17-28-21-12-6-5-11-20(21)19-9-3-2-4-10-19/h2-14,16H,17H2,1H3/b8-7-. The van der Waals surface area contributed by atoms with Crippen molar-refractivity contribution in [1.29, 1.82) is 5.26 Å². The second-order valence-corrected chi connectivity index (χ2v) is 6.00. The maximum Gasteiger partial charge on any atom is 0.349 e. The number of esters is 1. The molecular weight excluding hydrogens is 366 g/mol. The third kappa shape index (κ3) is 5.24. The van der Waals surface area contributed by atoms with Crippen LogP contribution in [-0.2, 0) is 4.79 Å². The van der Waals surface area contributed by atoms with E-state index in [4.69, 9.17) is 19.5 Å². The van der Waals surface area contributed by atoms with Crippen molar-refractivity contribution in [1.82, 2.24) is 0 Å². The molecule has 0 spiro atoms. The zero-order valence-electron chi connectivity index (χ0n) is 15.9. The molecule has 0 aliphatic carbocycles. The molecule has 0 aliphatic rings. The molecule has 3 aromatic rings. The van der Waals surface area contributed by atoms with Gasteiger partial charge in [-0.1, -0.05) is 54.6 Å². The predicted molar refractivity (Wildman–Crippen MR) is 111 cm³/mol. The van der Waals surface area contributed by atoms with Crippen molar-refractivity contribution in [3.63, 3.8) is 0 Å². The van der Waals surface area contributed by atoms with Crippen LogP contribution in [0.25, 0.3) is 17.2 Å². The van der Waals surface area contributed by atoms with E-state index < -0.39 is 5.97 Å². The summed E-state index contributed by atoms with van der Waals surface area (Å²) < 4.78 is 16.4. The van der Waals surface area contributed by atoms with Crippen LogP contribution in [0.15, 0.2) is 78.9 Å². The molecule has 0 unspecified atom stereocenters. The predicted octanol–water partition coefficient (Wildman–Crippen LogP) is 4.88. The smallest absolute Gasteiger partial charge is 0.349 e. The maximum absolute atomic E-state index is 12.3. The Morgan fingerprint density at radius 3 is 2.48 bits per heavy atom. The van der Waals surface area contributed by atoms with Crippen molar-refractivity contribution in [2.24, 2.45) is 0 Å². The third-order valence-electron chi connectivity index (χ3n) is 4.08. The number of rotatable bonds is 7. The highest BCUT2D eigenvalue weighted by atomic mass is 16.6. The molecule has 5 heteroatoms. The van der Waals surface area contributed by atoms with Gasteiger partial charge in [0.15, 0.2) is 18.1 Å². The van der Waals surface area contributed by atoms with Crippen LogP contribution in [-0.4, -0.2) is 19.7 Å². The van der Waals surface area contributed by atoms with Gasteiger partial charge < -0.3 is 14.2 Å². The number of allylic oxidation sites excluding steroid dienone is 1. The Morgan fingerprint density at radius 1 is 0.966 bits per heavy atom. The summed E-state index contributed by atoms with van der Waals surface area (Å²) in [7, 11) is 1.48. The van der Waals surface area contributed by atoms with Gasteiger partial charge in [-0.15, -0.1) is 0 Å². The number of methoxy groups -OCH3 is 1. The van der Waals surface area contributed by atoms with Crippen LogP contribution in [0.1, 0.15) is 5.56 Å². The number of para-hydroxylation sites is 1. The molecule has 0 heterocycles. The number of hydrogen-bond donors (Lipinski definition) is 0. The lowest BCUT2D eigenvalue weighted by Crippen LogP contribution is -2.18. The van der Waals surface area contributed by atoms with E-state index in [0.717, 1.165) is 16.7 Å². The molecule has 0 radical (unpaired) electrons. The highest BCUT2D eigenvalue weighted by Crippen LogP contribution is 2.31. The average molecular weight is 385 g/mol. The van der Waals surface area contributed by atoms with E-state index in [9.17, 15) is 4.79 Å². The van der Waals surface area contributed by atoms with Crippen molar-refractivity contribution >= 4 is 12.0 Å². The van der Waals surface area contributed by atoms with Crippen LogP contribution in [0.3, 0.4) is 0 Å². The number of ether oxygens (including phenoxy) is 3. The van der Waals surface area contributed by atoms with Crippen LogP contribution >= 0.6 is 0 Å². The Balaban J connectivity index is 1.69. The fraction of sp³-hybridized carbons (Fsp3) is 0.0833. The number of carbonyl (C=O) groups is 1. The fourth-order valence-electron chi connectivity index (χ4n) is 2.74. The SMILES string of the molecule is COc1cc(/C=C\C#N)ccc1OC(=O)COc1ccccc1-c1ccccc1. The molecule has 3 rings (SSSR count). The van der Waals surface area contributed by atoms with E-state index in [0.29, 0.717) is 11.5 Å². The summed E-state index contributed by atoms with van der Waals surface area (Å²) in [5.41, 5.74) is 2.66. The monoisotopic (exact) mass is 385 g/mol. The van der Waals surface area contributed by atoms with Gasteiger partial charge in [0.25, 0.3) is 0 Å². The summed E-state index contributed by atoms with van der Waals surface area (Å²) in [6.07, 6.45) is 3.00. The molecule has 29 heavy (non-hydrogen) atoms. The molecule has 0 amide bonds. The number of nitrogens with zero attached hydrogens (tertiary/aromatic N) is 1. The van der Waals surface area contributed by atoms with Crippen molar-refractivity contribution < 1.29 is 19.0 Å². The number of nitriles is 1. The summed E-state index contributed by atoms with van der Waals surface area (Å²) >= 11 is 0. The first kappa shape index (κ1) is 19.7. The van der Waals surface area contributed by atoms with Crippen LogP contribution in [0.2, 0.25) is 0 Å². The van der Waals surface area contributed by atoms with Gasteiger partial charge in [-0.2, -0.15) is 5.26 Å². The van der Waals surface area contributed by atoms with Gasteiger partial charge in [0.05, 0.1) is 13.2 Å². The van der Waals surface area contributed by atoms with Crippen LogP contribution in [0.4, 0.5) is 0 Å². The van der Waals surface area contributed by atoms with Gasteiger partial charge in [-0.25, -0.2) is 4.79 Å². The molecule has 0 saturated heterocycles. The van der Waals surface area contributed by atoms with E-state index in [2.05, 4.69) is 0 Å². The quantitative estimate of drug-likeness (QED) is 0.329. The van der Waals surface area contributed by atoms with Crippen molar-refractivity contribution in [3.8, 4) is 34.4 Å². The second-order valence-electron chi connectivity index (χ2n) is 6.00. The largest absolute Gasteiger partial charge is 0.493 e. The van der Waals surface area contributed by atoms with Gasteiger partial charge in [0.2, 0.25) is 0 Å². The van der Waals surface area contributed by atoms with E-state index in [1.807, 2.05) is 60.7 Å². The molecular formula is C24H19NO4. The van der Waals surface area contributed by atoms with Gasteiger partial charge in [-0.3, -0.25) is 0 Å². The summed E-state index contributed by atoms with van der Waals surface area (Å²) in [6, 6.07) is 24.3. The van der Waals surface area contributed by atoms with Crippen molar-refractivity contribution in [2.45, 2.75) is 0 Å². The van der Waals surface area contributed by atoms with Gasteiger partial charge in [0, 0.05) is 11.6 Å². The molecule has 3 aromatic carbocycles.